The summed E-state index contributed by atoms with van der Waals surface area (Å²) in [5.41, 5.74) is 5.06. The van der Waals surface area contributed by atoms with E-state index < -0.39 is 17.9 Å². The van der Waals surface area contributed by atoms with Gasteiger partial charge < -0.3 is 15.8 Å². The number of unbranched alkanes of at least 4 members (excludes halogenated alkanes) is 2. The van der Waals surface area contributed by atoms with E-state index in [0.29, 0.717) is 6.54 Å². The monoisotopic (exact) mass is 255 g/mol. The SMILES string of the molecule is CCCCCN(C)CC(C(N)=NO)C(F)(F)F. The molecule has 0 saturated carbocycles. The van der Waals surface area contributed by atoms with Crippen LogP contribution in [0.2, 0.25) is 0 Å². The second kappa shape index (κ2) is 7.37. The average molecular weight is 255 g/mol. The van der Waals surface area contributed by atoms with Crippen LogP contribution in [-0.4, -0.2) is 42.3 Å². The second-order valence-corrected chi connectivity index (χ2v) is 4.09. The maximum Gasteiger partial charge on any atom is 0.400 e. The number of nitrogens with two attached hydrogens (primary N) is 1. The number of hydrogen-bond acceptors (Lipinski definition) is 3. The van der Waals surface area contributed by atoms with Gasteiger partial charge in [-0.15, -0.1) is 0 Å². The van der Waals surface area contributed by atoms with Crippen molar-refractivity contribution in [1.29, 1.82) is 0 Å². The van der Waals surface area contributed by atoms with Gasteiger partial charge in [-0.05, 0) is 20.0 Å². The van der Waals surface area contributed by atoms with Gasteiger partial charge in [-0.25, -0.2) is 0 Å². The maximum atomic E-state index is 12.6. The molecule has 0 rings (SSSR count). The van der Waals surface area contributed by atoms with Crippen LogP contribution in [0, 0.1) is 5.92 Å². The largest absolute Gasteiger partial charge is 0.409 e. The molecule has 0 aliphatic heterocycles. The normalized spacial score (nSPS) is 15.3. The van der Waals surface area contributed by atoms with E-state index in [1.807, 2.05) is 6.92 Å². The van der Waals surface area contributed by atoms with Gasteiger partial charge in [0.2, 0.25) is 0 Å². The van der Waals surface area contributed by atoms with Crippen molar-refractivity contribution in [2.45, 2.75) is 32.4 Å². The maximum absolute atomic E-state index is 12.6. The van der Waals surface area contributed by atoms with Gasteiger partial charge in [-0.1, -0.05) is 24.9 Å². The molecule has 1 unspecified atom stereocenters. The summed E-state index contributed by atoms with van der Waals surface area (Å²) in [6.07, 6.45) is -1.66. The minimum absolute atomic E-state index is 0.289. The van der Waals surface area contributed by atoms with Crippen molar-refractivity contribution in [3.05, 3.63) is 0 Å². The van der Waals surface area contributed by atoms with E-state index in [0.717, 1.165) is 19.3 Å². The van der Waals surface area contributed by atoms with Gasteiger partial charge in [-0.2, -0.15) is 13.2 Å². The van der Waals surface area contributed by atoms with Crippen LogP contribution in [0.1, 0.15) is 26.2 Å². The summed E-state index contributed by atoms with van der Waals surface area (Å²) in [5, 5.41) is 10.8. The third kappa shape index (κ3) is 6.35. The molecule has 0 radical (unpaired) electrons. The summed E-state index contributed by atoms with van der Waals surface area (Å²) in [6, 6.07) is 0. The topological polar surface area (TPSA) is 61.8 Å². The lowest BCUT2D eigenvalue weighted by molar-refractivity contribution is -0.159. The molecule has 102 valence electrons. The lowest BCUT2D eigenvalue weighted by Gasteiger charge is -2.24. The Morgan fingerprint density at radius 2 is 2.00 bits per heavy atom. The first-order chi connectivity index (χ1) is 7.82. The molecule has 7 heteroatoms. The minimum atomic E-state index is -4.49. The molecule has 0 aliphatic carbocycles. The van der Waals surface area contributed by atoms with Crippen molar-refractivity contribution in [3.8, 4) is 0 Å². The molecular formula is C10H20F3N3O. The lowest BCUT2D eigenvalue weighted by atomic mass is 10.1. The molecule has 0 spiro atoms. The van der Waals surface area contributed by atoms with Crippen LogP contribution in [-0.2, 0) is 0 Å². The summed E-state index contributed by atoms with van der Waals surface area (Å²) >= 11 is 0. The Balaban J connectivity index is 4.35. The first kappa shape index (κ1) is 16.0. The molecule has 0 fully saturated rings. The van der Waals surface area contributed by atoms with Crippen molar-refractivity contribution in [2.24, 2.45) is 16.8 Å². The molecule has 0 heterocycles. The van der Waals surface area contributed by atoms with Crippen LogP contribution in [0.25, 0.3) is 0 Å². The van der Waals surface area contributed by atoms with Gasteiger partial charge in [0.15, 0.2) is 5.84 Å². The Morgan fingerprint density at radius 1 is 1.41 bits per heavy atom. The number of oxime groups is 1. The van der Waals surface area contributed by atoms with E-state index in [4.69, 9.17) is 10.9 Å². The van der Waals surface area contributed by atoms with Gasteiger partial charge >= 0.3 is 6.18 Å². The van der Waals surface area contributed by atoms with Crippen LogP contribution < -0.4 is 5.73 Å². The van der Waals surface area contributed by atoms with E-state index >= 15 is 0 Å². The number of rotatable bonds is 7. The van der Waals surface area contributed by atoms with Crippen molar-refractivity contribution in [1.82, 2.24) is 4.90 Å². The Bertz CT molecular complexity index is 243. The molecule has 17 heavy (non-hydrogen) atoms. The first-order valence-electron chi connectivity index (χ1n) is 5.55. The Hall–Kier alpha value is -0.980. The van der Waals surface area contributed by atoms with Crippen molar-refractivity contribution < 1.29 is 18.4 Å². The number of nitrogens with zero attached hydrogens (tertiary/aromatic N) is 2. The Kier molecular flexibility index (Phi) is 6.94. The number of amidine groups is 1. The molecule has 0 aromatic rings. The first-order valence-corrected chi connectivity index (χ1v) is 5.55. The van der Waals surface area contributed by atoms with Crippen LogP contribution in [0.15, 0.2) is 5.16 Å². The quantitative estimate of drug-likeness (QED) is 0.240. The van der Waals surface area contributed by atoms with Gasteiger partial charge in [0, 0.05) is 6.54 Å². The van der Waals surface area contributed by atoms with E-state index in [1.54, 1.807) is 11.9 Å². The fourth-order valence-corrected chi connectivity index (χ4v) is 1.47. The number of alkyl halides is 3. The van der Waals surface area contributed by atoms with Gasteiger partial charge in [0.1, 0.15) is 5.92 Å². The summed E-state index contributed by atoms with van der Waals surface area (Å²) in [4.78, 5) is 1.55. The molecule has 0 bridgehead atoms. The van der Waals surface area contributed by atoms with Crippen LogP contribution in [0.4, 0.5) is 13.2 Å². The molecule has 0 aliphatic rings. The molecular weight excluding hydrogens is 235 g/mol. The second-order valence-electron chi connectivity index (χ2n) is 4.09. The highest BCUT2D eigenvalue weighted by Crippen LogP contribution is 2.27. The molecule has 0 aromatic carbocycles. The summed E-state index contributed by atoms with van der Waals surface area (Å²) in [5.74, 6) is -2.71. The van der Waals surface area contributed by atoms with Gasteiger partial charge in [-0.3, -0.25) is 0 Å². The highest BCUT2D eigenvalue weighted by molar-refractivity contribution is 5.83. The van der Waals surface area contributed by atoms with E-state index in [1.165, 1.54) is 0 Å². The molecule has 3 N–H and O–H groups in total. The highest BCUT2D eigenvalue weighted by Gasteiger charge is 2.43. The Labute approximate surface area is 99.3 Å². The Morgan fingerprint density at radius 3 is 2.41 bits per heavy atom. The van der Waals surface area contributed by atoms with Crippen molar-refractivity contribution >= 4 is 5.84 Å². The van der Waals surface area contributed by atoms with E-state index in [9.17, 15) is 13.2 Å². The smallest absolute Gasteiger partial charge is 0.400 e. The molecule has 0 amide bonds. The van der Waals surface area contributed by atoms with E-state index in [-0.39, 0.29) is 6.54 Å². The van der Waals surface area contributed by atoms with Crippen molar-refractivity contribution in [2.75, 3.05) is 20.1 Å². The average Bonchev–Trinajstić information content (AvgIpc) is 2.23. The number of hydrogen-bond donors (Lipinski definition) is 2. The molecule has 4 nitrogen and oxygen atoms in total. The van der Waals surface area contributed by atoms with Crippen LogP contribution in [0.5, 0.6) is 0 Å². The van der Waals surface area contributed by atoms with Crippen molar-refractivity contribution in [3.63, 3.8) is 0 Å². The van der Waals surface area contributed by atoms with Crippen LogP contribution in [0.3, 0.4) is 0 Å². The van der Waals surface area contributed by atoms with Gasteiger partial charge in [0.25, 0.3) is 0 Å². The molecule has 1 atom stereocenters. The highest BCUT2D eigenvalue weighted by atomic mass is 19.4. The third-order valence-electron chi connectivity index (χ3n) is 2.51. The van der Waals surface area contributed by atoms with E-state index in [2.05, 4.69) is 5.16 Å². The summed E-state index contributed by atoms with van der Waals surface area (Å²) in [6.45, 7) is 2.30. The van der Waals surface area contributed by atoms with Gasteiger partial charge in [0.05, 0.1) is 0 Å². The third-order valence-corrected chi connectivity index (χ3v) is 2.51. The minimum Gasteiger partial charge on any atom is -0.409 e. The fourth-order valence-electron chi connectivity index (χ4n) is 1.47. The molecule has 0 saturated heterocycles. The molecule has 0 aromatic heterocycles. The number of halogens is 3. The zero-order valence-corrected chi connectivity index (χ0v) is 10.2. The fraction of sp³-hybridized carbons (Fsp3) is 0.900. The summed E-state index contributed by atoms with van der Waals surface area (Å²) in [7, 11) is 1.60. The predicted molar refractivity (Wildman–Crippen MR) is 60.0 cm³/mol. The zero-order valence-electron chi connectivity index (χ0n) is 10.2. The summed E-state index contributed by atoms with van der Waals surface area (Å²) < 4.78 is 37.8. The van der Waals surface area contributed by atoms with Crippen LogP contribution >= 0.6 is 0 Å². The zero-order chi connectivity index (χ0) is 13.5. The lowest BCUT2D eigenvalue weighted by Crippen LogP contribution is -2.43. The predicted octanol–water partition coefficient (Wildman–Crippen LogP) is 2.03. The standard InChI is InChI=1S/C10H20F3N3O/c1-3-4-5-6-16(2)7-8(9(14)15-17)10(11,12)13/h8,17H,3-7H2,1-2H3,(H2,14,15).